The fourth-order valence-electron chi connectivity index (χ4n) is 4.88. The minimum absolute atomic E-state index is 0.0339. The maximum absolute atomic E-state index is 14.3. The molecule has 3 aromatic rings. The molecule has 0 aliphatic carbocycles. The first-order chi connectivity index (χ1) is 20.5. The van der Waals surface area contributed by atoms with Crippen LogP contribution >= 0.6 is 15.9 Å². The number of aliphatic hydroxyl groups excluding tert-OH is 1. The molecule has 1 aliphatic heterocycles. The minimum atomic E-state index is -1.46. The zero-order valence-corrected chi connectivity index (χ0v) is 26.6. The molecule has 0 saturated heterocycles. The van der Waals surface area contributed by atoms with Crippen molar-refractivity contribution in [2.75, 3.05) is 13.2 Å². The van der Waals surface area contributed by atoms with E-state index >= 15 is 0 Å². The van der Waals surface area contributed by atoms with Crippen molar-refractivity contribution in [3.8, 4) is 5.75 Å². The van der Waals surface area contributed by atoms with Crippen molar-refractivity contribution in [2.45, 2.75) is 70.7 Å². The fourth-order valence-corrected chi connectivity index (χ4v) is 5.37. The summed E-state index contributed by atoms with van der Waals surface area (Å²) < 4.78 is 18.6. The van der Waals surface area contributed by atoms with Gasteiger partial charge in [0, 0.05) is 41.6 Å². The molecule has 3 aromatic carbocycles. The van der Waals surface area contributed by atoms with Gasteiger partial charge in [-0.2, -0.15) is 0 Å². The molecule has 9 heteroatoms. The Morgan fingerprint density at radius 2 is 1.81 bits per heavy atom. The lowest BCUT2D eigenvalue weighted by atomic mass is 9.83. The third-order valence-corrected chi connectivity index (χ3v) is 7.61. The molecule has 4 rings (SSSR count). The van der Waals surface area contributed by atoms with E-state index in [1.165, 1.54) is 0 Å². The molecule has 43 heavy (non-hydrogen) atoms. The third kappa shape index (κ3) is 8.45. The topological polar surface area (TPSA) is 106 Å². The third-order valence-electron chi connectivity index (χ3n) is 6.88. The highest BCUT2D eigenvalue weighted by atomic mass is 79.9. The second-order valence-electron chi connectivity index (χ2n) is 11.6. The number of nitrogens with one attached hydrogen (secondary N) is 1. The van der Waals surface area contributed by atoms with Gasteiger partial charge in [-0.05, 0) is 70.0 Å². The van der Waals surface area contributed by atoms with E-state index in [2.05, 4.69) is 21.2 Å². The smallest absolute Gasteiger partial charge is 0.306 e. The van der Waals surface area contributed by atoms with Crippen LogP contribution < -0.4 is 10.1 Å². The van der Waals surface area contributed by atoms with Crippen molar-refractivity contribution < 1.29 is 28.9 Å². The van der Waals surface area contributed by atoms with Crippen LogP contribution in [-0.2, 0) is 25.6 Å². The zero-order chi connectivity index (χ0) is 31.0. The van der Waals surface area contributed by atoms with Crippen molar-refractivity contribution >= 4 is 33.7 Å². The van der Waals surface area contributed by atoms with Gasteiger partial charge in [-0.3, -0.25) is 9.59 Å². The molecule has 0 spiro atoms. The number of rotatable bonds is 12. The Balaban J connectivity index is 1.73. The molecule has 0 unspecified atom stereocenters. The molecule has 2 N–H and O–H groups in total. The van der Waals surface area contributed by atoms with Crippen LogP contribution in [0.4, 0.5) is 0 Å². The highest BCUT2D eigenvalue weighted by molar-refractivity contribution is 9.10. The number of ether oxygens (including phenoxy) is 3. The number of nitrogens with zero attached hydrogens (tertiary/aromatic N) is 1. The summed E-state index contributed by atoms with van der Waals surface area (Å²) in [5.41, 5.74) is 1.31. The SMILES string of the molecule is Cc1cccc(CNC(=O)[C@]2(CCC(=O)OC(C)(C)C)N=C(c3ccc(OCCCO)cc3)O[C@@H]2c2ccccc2Br)c1. The summed E-state index contributed by atoms with van der Waals surface area (Å²) in [6.07, 6.45) is -0.255. The Hall–Kier alpha value is -3.69. The fraction of sp³-hybridized carbons (Fsp3) is 0.382. The summed E-state index contributed by atoms with van der Waals surface area (Å²) in [5.74, 6) is 0.164. The average molecular weight is 652 g/mol. The Labute approximate surface area is 261 Å². The van der Waals surface area contributed by atoms with Gasteiger partial charge in [0.05, 0.1) is 6.61 Å². The summed E-state index contributed by atoms with van der Waals surface area (Å²) in [5, 5.41) is 12.1. The van der Waals surface area contributed by atoms with Gasteiger partial charge in [0.2, 0.25) is 5.90 Å². The number of hydrogen-bond donors (Lipinski definition) is 2. The number of esters is 1. The minimum Gasteiger partial charge on any atom is -0.494 e. The molecule has 228 valence electrons. The van der Waals surface area contributed by atoms with E-state index in [0.29, 0.717) is 30.9 Å². The van der Waals surface area contributed by atoms with Gasteiger partial charge in [-0.1, -0.05) is 64.0 Å². The predicted molar refractivity (Wildman–Crippen MR) is 169 cm³/mol. The molecule has 0 radical (unpaired) electrons. The number of amides is 1. The quantitative estimate of drug-likeness (QED) is 0.178. The summed E-state index contributed by atoms with van der Waals surface area (Å²) in [4.78, 5) is 32.2. The first-order valence-electron chi connectivity index (χ1n) is 14.4. The first-order valence-corrected chi connectivity index (χ1v) is 15.2. The number of benzene rings is 3. The van der Waals surface area contributed by atoms with Gasteiger partial charge in [-0.25, -0.2) is 4.99 Å². The maximum Gasteiger partial charge on any atom is 0.306 e. The van der Waals surface area contributed by atoms with Gasteiger partial charge in [0.25, 0.3) is 5.91 Å². The van der Waals surface area contributed by atoms with Crippen LogP contribution in [0.3, 0.4) is 0 Å². The number of aliphatic hydroxyl groups is 1. The van der Waals surface area contributed by atoms with Gasteiger partial charge >= 0.3 is 5.97 Å². The maximum atomic E-state index is 14.3. The lowest BCUT2D eigenvalue weighted by Gasteiger charge is -2.31. The lowest BCUT2D eigenvalue weighted by Crippen LogP contribution is -2.48. The normalized spacial score (nSPS) is 18.0. The molecule has 0 aromatic heterocycles. The second kappa shape index (κ2) is 14.2. The summed E-state index contributed by atoms with van der Waals surface area (Å²) in [6.45, 7) is 8.17. The molecule has 0 bridgehead atoms. The second-order valence-corrected chi connectivity index (χ2v) is 12.4. The largest absolute Gasteiger partial charge is 0.494 e. The average Bonchev–Trinajstić information content (AvgIpc) is 3.35. The van der Waals surface area contributed by atoms with Crippen LogP contribution in [0, 0.1) is 6.92 Å². The molecule has 1 heterocycles. The van der Waals surface area contributed by atoms with Crippen molar-refractivity contribution in [1.29, 1.82) is 0 Å². The van der Waals surface area contributed by atoms with Crippen molar-refractivity contribution in [2.24, 2.45) is 4.99 Å². The number of aryl methyl sites for hydroxylation is 1. The molecule has 1 aliphatic rings. The summed E-state index contributed by atoms with van der Waals surface area (Å²) in [6, 6.07) is 22.7. The molecule has 0 saturated carbocycles. The number of aliphatic imine (C=N–C) groups is 1. The van der Waals surface area contributed by atoms with Gasteiger partial charge < -0.3 is 24.6 Å². The Morgan fingerprint density at radius 1 is 1.07 bits per heavy atom. The van der Waals surface area contributed by atoms with Gasteiger partial charge in [0.15, 0.2) is 11.6 Å². The first kappa shape index (κ1) is 32.2. The van der Waals surface area contributed by atoms with Crippen LogP contribution in [0.2, 0.25) is 0 Å². The molecule has 2 atom stereocenters. The van der Waals surface area contributed by atoms with Crippen LogP contribution in [0.25, 0.3) is 0 Å². The van der Waals surface area contributed by atoms with Crippen LogP contribution in [0.15, 0.2) is 82.3 Å². The van der Waals surface area contributed by atoms with E-state index < -0.39 is 23.2 Å². The molecule has 1 amide bonds. The Kier molecular flexibility index (Phi) is 10.6. The van der Waals surface area contributed by atoms with E-state index in [-0.39, 0.29) is 31.3 Å². The van der Waals surface area contributed by atoms with Crippen molar-refractivity contribution in [1.82, 2.24) is 5.32 Å². The Morgan fingerprint density at radius 3 is 2.49 bits per heavy atom. The van der Waals surface area contributed by atoms with E-state index in [0.717, 1.165) is 21.2 Å². The van der Waals surface area contributed by atoms with E-state index in [1.807, 2.05) is 88.4 Å². The molecular formula is C34H39BrN2O6. The molecule has 0 fully saturated rings. The van der Waals surface area contributed by atoms with Crippen LogP contribution in [0.1, 0.15) is 68.4 Å². The van der Waals surface area contributed by atoms with Crippen molar-refractivity contribution in [3.05, 3.63) is 99.5 Å². The van der Waals surface area contributed by atoms with E-state index in [4.69, 9.17) is 24.3 Å². The number of hydrogen-bond acceptors (Lipinski definition) is 7. The molecule has 8 nitrogen and oxygen atoms in total. The van der Waals surface area contributed by atoms with Gasteiger partial charge in [-0.15, -0.1) is 0 Å². The number of halogens is 1. The summed E-state index contributed by atoms with van der Waals surface area (Å²) >= 11 is 3.64. The van der Waals surface area contributed by atoms with Crippen LogP contribution in [0.5, 0.6) is 5.75 Å². The predicted octanol–water partition coefficient (Wildman–Crippen LogP) is 6.21. The monoisotopic (exact) mass is 650 g/mol. The number of carbonyl (C=O) groups excluding carboxylic acids is 2. The Bertz CT molecular complexity index is 1450. The van der Waals surface area contributed by atoms with Crippen LogP contribution in [-0.4, -0.2) is 47.2 Å². The zero-order valence-electron chi connectivity index (χ0n) is 25.1. The highest BCUT2D eigenvalue weighted by Gasteiger charge is 2.53. The highest BCUT2D eigenvalue weighted by Crippen LogP contribution is 2.45. The molecular weight excluding hydrogens is 612 g/mol. The standard InChI is InChI=1S/C34H39BrN2O6/c1-23-9-7-10-24(21-23)22-36-32(40)34(18-17-29(39)43-33(2,3)4)30(27-11-5-6-12-28(27)35)42-31(37-34)25-13-15-26(16-14-25)41-20-8-19-38/h5-7,9-16,21,30,38H,8,17-20,22H2,1-4H3,(H,36,40)/t30-,34-/m1/s1. The van der Waals surface area contributed by atoms with E-state index in [9.17, 15) is 9.59 Å². The summed E-state index contributed by atoms with van der Waals surface area (Å²) in [7, 11) is 0. The lowest BCUT2D eigenvalue weighted by molar-refractivity contribution is -0.155. The van der Waals surface area contributed by atoms with Crippen molar-refractivity contribution in [3.63, 3.8) is 0 Å². The number of carbonyl (C=O) groups is 2. The van der Waals surface area contributed by atoms with Gasteiger partial charge in [0.1, 0.15) is 11.4 Å². The van der Waals surface area contributed by atoms with E-state index in [1.54, 1.807) is 12.1 Å².